The first-order valence-electron chi connectivity index (χ1n) is 6.91. The van der Waals surface area contributed by atoms with E-state index in [2.05, 4.69) is 13.5 Å². The Balaban J connectivity index is 2.96. The first-order chi connectivity index (χ1) is 8.62. The molecule has 4 nitrogen and oxygen atoms in total. The monoisotopic (exact) mass is 269 g/mol. The van der Waals surface area contributed by atoms with Crippen LogP contribution < -0.4 is 0 Å². The van der Waals surface area contributed by atoms with Gasteiger partial charge in [0.05, 0.1) is 12.6 Å². The van der Waals surface area contributed by atoms with Gasteiger partial charge in [-0.15, -0.1) is 6.58 Å². The Kier molecular flexibility index (Phi) is 4.67. The highest BCUT2D eigenvalue weighted by molar-refractivity contribution is 5.69. The molecule has 0 spiro atoms. The van der Waals surface area contributed by atoms with Crippen LogP contribution in [0.4, 0.5) is 4.79 Å². The summed E-state index contributed by atoms with van der Waals surface area (Å²) in [4.78, 5) is 14.1. The summed E-state index contributed by atoms with van der Waals surface area (Å²) < 4.78 is 11.3. The van der Waals surface area contributed by atoms with Crippen LogP contribution in [0.5, 0.6) is 0 Å². The minimum atomic E-state index is -0.635. The van der Waals surface area contributed by atoms with Crippen molar-refractivity contribution in [3.05, 3.63) is 12.7 Å². The fourth-order valence-electron chi connectivity index (χ4n) is 2.41. The predicted molar refractivity (Wildman–Crippen MR) is 75.9 cm³/mol. The second-order valence-electron chi connectivity index (χ2n) is 6.48. The lowest BCUT2D eigenvalue weighted by Gasteiger charge is -2.36. The molecule has 0 aliphatic carbocycles. The van der Waals surface area contributed by atoms with Crippen LogP contribution in [0.1, 0.15) is 48.0 Å². The topological polar surface area (TPSA) is 38.8 Å². The number of carbonyl (C=O) groups is 1. The molecule has 1 saturated heterocycles. The quantitative estimate of drug-likeness (QED) is 0.735. The number of carbonyl (C=O) groups excluding carboxylic acids is 1. The zero-order valence-corrected chi connectivity index (χ0v) is 13.0. The van der Waals surface area contributed by atoms with Crippen molar-refractivity contribution in [2.24, 2.45) is 5.92 Å². The van der Waals surface area contributed by atoms with Crippen LogP contribution in [-0.4, -0.2) is 35.0 Å². The third-order valence-electron chi connectivity index (χ3n) is 3.38. The fraction of sp³-hybridized carbons (Fsp3) is 0.800. The minimum Gasteiger partial charge on any atom is -0.444 e. The van der Waals surface area contributed by atoms with Crippen LogP contribution in [0.15, 0.2) is 12.7 Å². The fourth-order valence-corrected chi connectivity index (χ4v) is 2.41. The van der Waals surface area contributed by atoms with Gasteiger partial charge in [-0.2, -0.15) is 0 Å². The number of rotatable bonds is 3. The van der Waals surface area contributed by atoms with E-state index in [1.54, 1.807) is 4.90 Å². The zero-order valence-electron chi connectivity index (χ0n) is 13.0. The number of nitrogens with zero attached hydrogens (tertiary/aromatic N) is 1. The Morgan fingerprint density at radius 3 is 2.58 bits per heavy atom. The standard InChI is InChI=1S/C15H27NO3/c1-8-11(9-2)12-10-18-15(6,7)16(12)13(17)19-14(3,4)5/h8,11-12H,1,9-10H2,2-7H3/t11-,12-/m1/s1. The summed E-state index contributed by atoms with van der Waals surface area (Å²) in [7, 11) is 0. The molecule has 1 fully saturated rings. The van der Waals surface area contributed by atoms with Gasteiger partial charge in [0, 0.05) is 0 Å². The molecule has 1 aliphatic heterocycles. The molecule has 1 amide bonds. The maximum Gasteiger partial charge on any atom is 0.412 e. The van der Waals surface area contributed by atoms with Crippen LogP contribution in [0.2, 0.25) is 0 Å². The summed E-state index contributed by atoms with van der Waals surface area (Å²) in [5.74, 6) is 0.217. The maximum atomic E-state index is 12.4. The lowest BCUT2D eigenvalue weighted by Crippen LogP contribution is -2.51. The SMILES string of the molecule is C=C[C@H](CC)[C@H]1COC(C)(C)N1C(=O)OC(C)(C)C. The molecule has 4 heteroatoms. The van der Waals surface area contributed by atoms with Crippen molar-refractivity contribution in [3.63, 3.8) is 0 Å². The Hall–Kier alpha value is -1.03. The average molecular weight is 269 g/mol. The smallest absolute Gasteiger partial charge is 0.412 e. The average Bonchev–Trinajstić information content (AvgIpc) is 2.54. The second-order valence-corrected chi connectivity index (χ2v) is 6.48. The summed E-state index contributed by atoms with van der Waals surface area (Å²) in [6.07, 6.45) is 2.50. The number of hydrogen-bond donors (Lipinski definition) is 0. The Morgan fingerprint density at radius 2 is 2.16 bits per heavy atom. The molecular weight excluding hydrogens is 242 g/mol. The lowest BCUT2D eigenvalue weighted by molar-refractivity contribution is -0.0637. The van der Waals surface area contributed by atoms with Crippen LogP contribution in [-0.2, 0) is 9.47 Å². The molecular formula is C15H27NO3. The van der Waals surface area contributed by atoms with Crippen LogP contribution >= 0.6 is 0 Å². The summed E-state index contributed by atoms with van der Waals surface area (Å²) >= 11 is 0. The molecule has 1 rings (SSSR count). The van der Waals surface area contributed by atoms with Gasteiger partial charge in [0.15, 0.2) is 0 Å². The van der Waals surface area contributed by atoms with Crippen molar-refractivity contribution in [2.45, 2.75) is 65.3 Å². The van der Waals surface area contributed by atoms with Gasteiger partial charge < -0.3 is 9.47 Å². The normalized spacial score (nSPS) is 24.1. The summed E-state index contributed by atoms with van der Waals surface area (Å²) in [5.41, 5.74) is -1.14. The molecule has 0 aromatic heterocycles. The predicted octanol–water partition coefficient (Wildman–Crippen LogP) is 3.57. The third kappa shape index (κ3) is 3.72. The van der Waals surface area contributed by atoms with Gasteiger partial charge >= 0.3 is 6.09 Å². The Morgan fingerprint density at radius 1 is 1.58 bits per heavy atom. The Labute approximate surface area is 116 Å². The number of hydrogen-bond acceptors (Lipinski definition) is 3. The van der Waals surface area contributed by atoms with E-state index in [1.807, 2.05) is 40.7 Å². The minimum absolute atomic E-state index is 0.00708. The van der Waals surface area contributed by atoms with E-state index in [0.29, 0.717) is 6.61 Å². The molecule has 2 atom stereocenters. The van der Waals surface area contributed by atoms with E-state index in [1.165, 1.54) is 0 Å². The molecule has 0 aromatic carbocycles. The summed E-state index contributed by atoms with van der Waals surface area (Å²) in [6, 6.07) is -0.00708. The first kappa shape index (κ1) is 16.0. The van der Waals surface area contributed by atoms with E-state index in [4.69, 9.17) is 9.47 Å². The van der Waals surface area contributed by atoms with E-state index in [0.717, 1.165) is 6.42 Å². The molecule has 0 N–H and O–H groups in total. The molecule has 19 heavy (non-hydrogen) atoms. The summed E-state index contributed by atoms with van der Waals surface area (Å²) in [6.45, 7) is 15.9. The molecule has 0 aromatic rings. The van der Waals surface area contributed by atoms with E-state index >= 15 is 0 Å². The zero-order chi connectivity index (χ0) is 14.8. The van der Waals surface area contributed by atoms with E-state index in [9.17, 15) is 4.79 Å². The van der Waals surface area contributed by atoms with Gasteiger partial charge in [0.25, 0.3) is 0 Å². The molecule has 0 bridgehead atoms. The highest BCUT2D eigenvalue weighted by Crippen LogP contribution is 2.34. The Bertz CT molecular complexity index is 344. The first-order valence-corrected chi connectivity index (χ1v) is 6.91. The number of amides is 1. The highest BCUT2D eigenvalue weighted by atomic mass is 16.6. The van der Waals surface area contributed by atoms with E-state index < -0.39 is 11.3 Å². The van der Waals surface area contributed by atoms with E-state index in [-0.39, 0.29) is 18.1 Å². The van der Waals surface area contributed by atoms with Crippen molar-refractivity contribution < 1.29 is 14.3 Å². The van der Waals surface area contributed by atoms with Gasteiger partial charge in [-0.1, -0.05) is 13.0 Å². The molecule has 0 radical (unpaired) electrons. The maximum absolute atomic E-state index is 12.4. The molecule has 110 valence electrons. The summed E-state index contributed by atoms with van der Waals surface area (Å²) in [5, 5.41) is 0. The van der Waals surface area contributed by atoms with Crippen molar-refractivity contribution in [2.75, 3.05) is 6.61 Å². The van der Waals surface area contributed by atoms with Crippen molar-refractivity contribution in [3.8, 4) is 0 Å². The lowest BCUT2D eigenvalue weighted by atomic mass is 9.96. The van der Waals surface area contributed by atoms with Gasteiger partial charge in [-0.05, 0) is 47.0 Å². The van der Waals surface area contributed by atoms with Crippen molar-refractivity contribution in [1.29, 1.82) is 0 Å². The van der Waals surface area contributed by atoms with Crippen LogP contribution in [0.25, 0.3) is 0 Å². The third-order valence-corrected chi connectivity index (χ3v) is 3.38. The van der Waals surface area contributed by atoms with Gasteiger partial charge in [-0.3, -0.25) is 4.90 Å². The largest absolute Gasteiger partial charge is 0.444 e. The van der Waals surface area contributed by atoms with Crippen LogP contribution in [0.3, 0.4) is 0 Å². The highest BCUT2D eigenvalue weighted by Gasteiger charge is 2.47. The van der Waals surface area contributed by atoms with Gasteiger partial charge in [-0.25, -0.2) is 4.79 Å². The molecule has 0 unspecified atom stereocenters. The van der Waals surface area contributed by atoms with Gasteiger partial charge in [0.2, 0.25) is 0 Å². The van der Waals surface area contributed by atoms with Crippen LogP contribution in [0, 0.1) is 5.92 Å². The molecule has 1 aliphatic rings. The van der Waals surface area contributed by atoms with Crippen molar-refractivity contribution in [1.82, 2.24) is 4.90 Å². The van der Waals surface area contributed by atoms with Gasteiger partial charge in [0.1, 0.15) is 11.3 Å². The number of ether oxygens (including phenoxy) is 2. The van der Waals surface area contributed by atoms with Crippen molar-refractivity contribution >= 4 is 6.09 Å². The molecule has 1 heterocycles. The second kappa shape index (κ2) is 5.53. The molecule has 0 saturated carbocycles.